The van der Waals surface area contributed by atoms with Crippen LogP contribution in [0.15, 0.2) is 36.4 Å². The largest absolute Gasteiger partial charge is 0.473 e. The molecule has 1 aliphatic rings. The Kier molecular flexibility index (Phi) is 5.38. The molecule has 1 saturated heterocycles. The molecule has 1 aliphatic heterocycles. The lowest BCUT2D eigenvalue weighted by molar-refractivity contribution is 0.157. The van der Waals surface area contributed by atoms with Gasteiger partial charge in [0.2, 0.25) is 5.88 Å². The fraction of sp³-hybridized carbons (Fsp3) is 0.278. The molecule has 4 nitrogen and oxygen atoms in total. The maximum atomic E-state index is 14.4. The molecule has 8 heteroatoms. The van der Waals surface area contributed by atoms with Gasteiger partial charge < -0.3 is 10.1 Å². The van der Waals surface area contributed by atoms with Gasteiger partial charge in [0.15, 0.2) is 5.82 Å². The Labute approximate surface area is 154 Å². The van der Waals surface area contributed by atoms with Crippen molar-refractivity contribution in [3.63, 3.8) is 0 Å². The number of halogens is 4. The number of nitrogens with zero attached hydrogens (tertiary/aromatic N) is 2. The Morgan fingerprint density at radius 2 is 1.81 bits per heavy atom. The van der Waals surface area contributed by atoms with Crippen LogP contribution in [0.2, 0.25) is 0 Å². The van der Waals surface area contributed by atoms with Gasteiger partial charge in [0.05, 0.1) is 10.9 Å². The molecule has 0 atom stereocenters. The minimum absolute atomic E-state index is 0. The normalized spacial score (nSPS) is 15.0. The van der Waals surface area contributed by atoms with Gasteiger partial charge in [-0.1, -0.05) is 6.07 Å². The Bertz CT molecular complexity index is 925. The molecule has 4 rings (SSSR count). The first kappa shape index (κ1) is 18.5. The van der Waals surface area contributed by atoms with E-state index < -0.39 is 17.5 Å². The molecule has 0 bridgehead atoms. The van der Waals surface area contributed by atoms with E-state index in [2.05, 4.69) is 10.4 Å². The molecule has 138 valence electrons. The number of hydrogen-bond acceptors (Lipinski definition) is 3. The highest BCUT2D eigenvalue weighted by atomic mass is 35.5. The lowest BCUT2D eigenvalue weighted by Crippen LogP contribution is -2.34. The Morgan fingerprint density at radius 1 is 1.04 bits per heavy atom. The van der Waals surface area contributed by atoms with E-state index in [9.17, 15) is 13.2 Å². The summed E-state index contributed by atoms with van der Waals surface area (Å²) < 4.78 is 48.9. The van der Waals surface area contributed by atoms with Crippen LogP contribution in [0, 0.1) is 17.5 Å². The predicted octanol–water partition coefficient (Wildman–Crippen LogP) is 4.00. The van der Waals surface area contributed by atoms with Crippen LogP contribution in [0.3, 0.4) is 0 Å². The number of benzene rings is 2. The van der Waals surface area contributed by atoms with Crippen molar-refractivity contribution in [2.45, 2.75) is 18.9 Å². The fourth-order valence-corrected chi connectivity index (χ4v) is 3.09. The monoisotopic (exact) mass is 383 g/mol. The van der Waals surface area contributed by atoms with Gasteiger partial charge in [0, 0.05) is 6.07 Å². The van der Waals surface area contributed by atoms with Crippen molar-refractivity contribution in [3.8, 4) is 11.6 Å². The smallest absolute Gasteiger partial charge is 0.244 e. The lowest BCUT2D eigenvalue weighted by atomic mass is 10.1. The summed E-state index contributed by atoms with van der Waals surface area (Å²) in [6.07, 6.45) is 1.49. The van der Waals surface area contributed by atoms with Crippen molar-refractivity contribution in [2.75, 3.05) is 13.1 Å². The van der Waals surface area contributed by atoms with Crippen LogP contribution in [0.25, 0.3) is 16.6 Å². The molecule has 0 spiro atoms. The standard InChI is InChI=1S/C18H16F3N3O.ClH/c19-11-4-5-15(14(21)10-11)24-16-3-1-2-13(20)17(16)18(23-24)25-12-6-8-22-9-7-12;/h1-5,10,12,22H,6-9H2;1H. The molecule has 3 aromatic rings. The third kappa shape index (κ3) is 3.37. The van der Waals surface area contributed by atoms with E-state index in [1.807, 2.05) is 0 Å². The molecule has 2 aromatic carbocycles. The number of nitrogens with one attached hydrogen (secondary N) is 1. The van der Waals surface area contributed by atoms with Crippen LogP contribution in [-0.4, -0.2) is 29.0 Å². The molecule has 0 saturated carbocycles. The van der Waals surface area contributed by atoms with E-state index in [1.165, 1.54) is 22.9 Å². The first-order valence-corrected chi connectivity index (χ1v) is 8.13. The van der Waals surface area contributed by atoms with E-state index in [1.54, 1.807) is 6.07 Å². The summed E-state index contributed by atoms with van der Waals surface area (Å²) in [6, 6.07) is 7.64. The van der Waals surface area contributed by atoms with E-state index in [4.69, 9.17) is 4.74 Å². The molecule has 0 unspecified atom stereocenters. The molecular weight excluding hydrogens is 367 g/mol. The number of rotatable bonds is 3. The average molecular weight is 384 g/mol. The number of fused-ring (bicyclic) bond motifs is 1. The second-order valence-electron chi connectivity index (χ2n) is 6.01. The van der Waals surface area contributed by atoms with Crippen LogP contribution >= 0.6 is 12.4 Å². The molecule has 2 heterocycles. The summed E-state index contributed by atoms with van der Waals surface area (Å²) in [5.41, 5.74) is 0.409. The quantitative estimate of drug-likeness (QED) is 0.743. The fourth-order valence-electron chi connectivity index (χ4n) is 3.09. The molecule has 1 N–H and O–H groups in total. The van der Waals surface area contributed by atoms with E-state index in [-0.39, 0.29) is 35.5 Å². The molecular formula is C18H17ClF3N3O. The van der Waals surface area contributed by atoms with Crippen molar-refractivity contribution in [2.24, 2.45) is 0 Å². The number of hydrogen-bond donors (Lipinski definition) is 1. The summed E-state index contributed by atoms with van der Waals surface area (Å²) in [5.74, 6) is -1.82. The third-order valence-corrected chi connectivity index (χ3v) is 4.33. The highest BCUT2D eigenvalue weighted by Crippen LogP contribution is 2.32. The topological polar surface area (TPSA) is 39.1 Å². The summed E-state index contributed by atoms with van der Waals surface area (Å²) in [6.45, 7) is 1.64. The van der Waals surface area contributed by atoms with Crippen LogP contribution in [0.5, 0.6) is 5.88 Å². The van der Waals surface area contributed by atoms with Gasteiger partial charge in [-0.2, -0.15) is 0 Å². The number of ether oxygens (including phenoxy) is 1. The van der Waals surface area contributed by atoms with Gasteiger partial charge in [-0.05, 0) is 50.2 Å². The van der Waals surface area contributed by atoms with Gasteiger partial charge in [-0.15, -0.1) is 17.5 Å². The maximum Gasteiger partial charge on any atom is 0.244 e. The molecule has 0 radical (unpaired) electrons. The molecule has 1 aromatic heterocycles. The van der Waals surface area contributed by atoms with Gasteiger partial charge in [0.25, 0.3) is 0 Å². The zero-order chi connectivity index (χ0) is 17.4. The van der Waals surface area contributed by atoms with Crippen LogP contribution in [0.4, 0.5) is 13.2 Å². The number of aromatic nitrogens is 2. The van der Waals surface area contributed by atoms with Gasteiger partial charge in [-0.3, -0.25) is 0 Å². The summed E-state index contributed by atoms with van der Waals surface area (Å²) >= 11 is 0. The van der Waals surface area contributed by atoms with Crippen molar-refractivity contribution >= 4 is 23.3 Å². The molecule has 26 heavy (non-hydrogen) atoms. The van der Waals surface area contributed by atoms with Crippen molar-refractivity contribution in [1.82, 2.24) is 15.1 Å². The minimum atomic E-state index is -0.776. The van der Waals surface area contributed by atoms with Gasteiger partial charge >= 0.3 is 0 Å². The zero-order valence-electron chi connectivity index (χ0n) is 13.7. The zero-order valence-corrected chi connectivity index (χ0v) is 14.5. The van der Waals surface area contributed by atoms with Crippen LogP contribution < -0.4 is 10.1 Å². The van der Waals surface area contributed by atoms with E-state index in [0.29, 0.717) is 5.52 Å². The van der Waals surface area contributed by atoms with Crippen molar-refractivity contribution in [3.05, 3.63) is 53.8 Å². The van der Waals surface area contributed by atoms with E-state index >= 15 is 0 Å². The minimum Gasteiger partial charge on any atom is -0.473 e. The first-order valence-electron chi connectivity index (χ1n) is 8.13. The number of piperidine rings is 1. The molecule has 0 aliphatic carbocycles. The molecule has 1 fully saturated rings. The maximum absolute atomic E-state index is 14.4. The first-order chi connectivity index (χ1) is 12.1. The van der Waals surface area contributed by atoms with Gasteiger partial charge in [0.1, 0.15) is 23.4 Å². The highest BCUT2D eigenvalue weighted by molar-refractivity contribution is 5.86. The average Bonchev–Trinajstić information content (AvgIpc) is 2.95. The summed E-state index contributed by atoms with van der Waals surface area (Å²) in [4.78, 5) is 0. The van der Waals surface area contributed by atoms with Crippen molar-refractivity contribution in [1.29, 1.82) is 0 Å². The summed E-state index contributed by atoms with van der Waals surface area (Å²) in [5, 5.41) is 7.70. The van der Waals surface area contributed by atoms with Crippen LogP contribution in [-0.2, 0) is 0 Å². The van der Waals surface area contributed by atoms with Crippen molar-refractivity contribution < 1.29 is 17.9 Å². The van der Waals surface area contributed by atoms with Crippen LogP contribution in [0.1, 0.15) is 12.8 Å². The Balaban J connectivity index is 0.00000196. The molecule has 0 amide bonds. The second-order valence-corrected chi connectivity index (χ2v) is 6.01. The second kappa shape index (κ2) is 7.55. The van der Waals surface area contributed by atoms with Gasteiger partial charge in [-0.25, -0.2) is 17.9 Å². The third-order valence-electron chi connectivity index (χ3n) is 4.33. The Hall–Kier alpha value is -2.25. The highest BCUT2D eigenvalue weighted by Gasteiger charge is 2.22. The summed E-state index contributed by atoms with van der Waals surface area (Å²) in [7, 11) is 0. The lowest BCUT2D eigenvalue weighted by Gasteiger charge is -2.22. The SMILES string of the molecule is Cl.Fc1ccc(-n2nc(OC3CCNCC3)c3c(F)cccc32)c(F)c1. The predicted molar refractivity (Wildman–Crippen MR) is 94.7 cm³/mol. The Morgan fingerprint density at radius 3 is 2.54 bits per heavy atom. The van der Waals surface area contributed by atoms with E-state index in [0.717, 1.165) is 38.1 Å².